The molecule has 1 aromatic heterocycles. The maximum absolute atomic E-state index is 10.7. The highest BCUT2D eigenvalue weighted by molar-refractivity contribution is 5.88. The Hall–Kier alpha value is -1.65. The standard InChI is InChI=1S/C10H12N2O3/c13-7-5-11-9(6-3-1-2-4-6)12-8(7)10(14)15/h5-6,13H,1-4H2,(H,14,15). The molecule has 1 heterocycles. The first kappa shape index (κ1) is 9.89. The number of aromatic nitrogens is 2. The average molecular weight is 208 g/mol. The van der Waals surface area contributed by atoms with E-state index in [9.17, 15) is 9.90 Å². The van der Waals surface area contributed by atoms with Crippen LogP contribution in [-0.2, 0) is 0 Å². The van der Waals surface area contributed by atoms with Crippen molar-refractivity contribution in [3.05, 3.63) is 17.7 Å². The molecule has 1 aliphatic carbocycles. The van der Waals surface area contributed by atoms with Crippen LogP contribution in [0.5, 0.6) is 5.75 Å². The van der Waals surface area contributed by atoms with Crippen molar-refractivity contribution in [2.45, 2.75) is 31.6 Å². The fraction of sp³-hybridized carbons (Fsp3) is 0.500. The van der Waals surface area contributed by atoms with Crippen LogP contribution in [0.4, 0.5) is 0 Å². The molecule has 0 bridgehead atoms. The molecule has 0 aliphatic heterocycles. The number of carbonyl (C=O) groups is 1. The molecule has 0 unspecified atom stereocenters. The van der Waals surface area contributed by atoms with Crippen molar-refractivity contribution in [1.82, 2.24) is 9.97 Å². The van der Waals surface area contributed by atoms with Crippen molar-refractivity contribution in [2.75, 3.05) is 0 Å². The summed E-state index contributed by atoms with van der Waals surface area (Å²) in [5, 5.41) is 18.0. The summed E-state index contributed by atoms with van der Waals surface area (Å²) in [6, 6.07) is 0. The van der Waals surface area contributed by atoms with E-state index in [1.54, 1.807) is 0 Å². The molecule has 1 aliphatic rings. The number of hydrogen-bond acceptors (Lipinski definition) is 4. The zero-order valence-corrected chi connectivity index (χ0v) is 8.18. The first-order valence-corrected chi connectivity index (χ1v) is 4.97. The van der Waals surface area contributed by atoms with E-state index in [1.165, 1.54) is 6.20 Å². The van der Waals surface area contributed by atoms with Crippen LogP contribution in [-0.4, -0.2) is 26.2 Å². The number of rotatable bonds is 2. The Bertz CT molecular complexity index is 386. The van der Waals surface area contributed by atoms with Crippen molar-refractivity contribution in [3.63, 3.8) is 0 Å². The molecule has 0 amide bonds. The van der Waals surface area contributed by atoms with Gasteiger partial charge in [-0.15, -0.1) is 0 Å². The lowest BCUT2D eigenvalue weighted by Gasteiger charge is -2.08. The Morgan fingerprint density at radius 3 is 2.67 bits per heavy atom. The molecule has 1 aromatic rings. The van der Waals surface area contributed by atoms with Crippen LogP contribution in [0.2, 0.25) is 0 Å². The van der Waals surface area contributed by atoms with Crippen LogP contribution in [0.3, 0.4) is 0 Å². The highest BCUT2D eigenvalue weighted by atomic mass is 16.4. The van der Waals surface area contributed by atoms with E-state index in [1.807, 2.05) is 0 Å². The topological polar surface area (TPSA) is 83.3 Å². The van der Waals surface area contributed by atoms with Crippen LogP contribution >= 0.6 is 0 Å². The first-order chi connectivity index (χ1) is 7.18. The van der Waals surface area contributed by atoms with E-state index < -0.39 is 5.97 Å². The maximum Gasteiger partial charge on any atom is 0.358 e. The third-order valence-corrected chi connectivity index (χ3v) is 2.71. The van der Waals surface area contributed by atoms with E-state index in [-0.39, 0.29) is 17.4 Å². The van der Waals surface area contributed by atoms with Gasteiger partial charge in [-0.3, -0.25) is 0 Å². The second-order valence-corrected chi connectivity index (χ2v) is 3.75. The summed E-state index contributed by atoms with van der Waals surface area (Å²) >= 11 is 0. The largest absolute Gasteiger partial charge is 0.504 e. The molecule has 5 heteroatoms. The van der Waals surface area contributed by atoms with Crippen LogP contribution in [0.1, 0.15) is 47.9 Å². The monoisotopic (exact) mass is 208 g/mol. The second kappa shape index (κ2) is 3.84. The van der Waals surface area contributed by atoms with E-state index in [0.717, 1.165) is 25.7 Å². The first-order valence-electron chi connectivity index (χ1n) is 4.97. The minimum atomic E-state index is -1.21. The molecular formula is C10H12N2O3. The Morgan fingerprint density at radius 1 is 1.40 bits per heavy atom. The second-order valence-electron chi connectivity index (χ2n) is 3.75. The molecule has 0 atom stereocenters. The Labute approximate surface area is 86.8 Å². The number of carboxylic acid groups (broad SMARTS) is 1. The quantitative estimate of drug-likeness (QED) is 0.770. The molecule has 15 heavy (non-hydrogen) atoms. The lowest BCUT2D eigenvalue weighted by molar-refractivity contribution is 0.0686. The molecule has 1 saturated carbocycles. The van der Waals surface area contributed by atoms with E-state index in [2.05, 4.69) is 9.97 Å². The smallest absolute Gasteiger partial charge is 0.358 e. The summed E-state index contributed by atoms with van der Waals surface area (Å²) in [5.74, 6) is -0.787. The molecule has 2 N–H and O–H groups in total. The summed E-state index contributed by atoms with van der Waals surface area (Å²) in [6.45, 7) is 0. The third-order valence-electron chi connectivity index (χ3n) is 2.71. The van der Waals surface area contributed by atoms with Crippen LogP contribution in [0.15, 0.2) is 6.20 Å². The van der Waals surface area contributed by atoms with Gasteiger partial charge in [0, 0.05) is 5.92 Å². The summed E-state index contributed by atoms with van der Waals surface area (Å²) in [4.78, 5) is 18.6. The van der Waals surface area contributed by atoms with Gasteiger partial charge in [-0.25, -0.2) is 14.8 Å². The molecule has 0 saturated heterocycles. The predicted octanol–water partition coefficient (Wildman–Crippen LogP) is 1.54. The summed E-state index contributed by atoms with van der Waals surface area (Å²) < 4.78 is 0. The summed E-state index contributed by atoms with van der Waals surface area (Å²) in [7, 11) is 0. The van der Waals surface area contributed by atoms with Crippen molar-refractivity contribution in [2.24, 2.45) is 0 Å². The molecule has 0 aromatic carbocycles. The minimum absolute atomic E-state index is 0.253. The number of aromatic carboxylic acids is 1. The van der Waals surface area contributed by atoms with Crippen LogP contribution in [0, 0.1) is 0 Å². The zero-order valence-electron chi connectivity index (χ0n) is 8.18. The lowest BCUT2D eigenvalue weighted by atomic mass is 10.1. The Morgan fingerprint density at radius 2 is 2.07 bits per heavy atom. The summed E-state index contributed by atoms with van der Waals surface area (Å²) in [5.41, 5.74) is -0.299. The van der Waals surface area contributed by atoms with Crippen molar-refractivity contribution in [1.29, 1.82) is 0 Å². The molecule has 0 spiro atoms. The van der Waals surface area contributed by atoms with Crippen LogP contribution < -0.4 is 0 Å². The normalized spacial score (nSPS) is 16.8. The van der Waals surface area contributed by atoms with Crippen molar-refractivity contribution >= 4 is 5.97 Å². The minimum Gasteiger partial charge on any atom is -0.504 e. The van der Waals surface area contributed by atoms with E-state index >= 15 is 0 Å². The molecule has 80 valence electrons. The Balaban J connectivity index is 2.33. The highest BCUT2D eigenvalue weighted by Crippen LogP contribution is 2.32. The number of hydrogen-bond donors (Lipinski definition) is 2. The van der Waals surface area contributed by atoms with E-state index in [0.29, 0.717) is 5.82 Å². The molecule has 1 fully saturated rings. The van der Waals surface area contributed by atoms with Gasteiger partial charge in [-0.05, 0) is 12.8 Å². The highest BCUT2D eigenvalue weighted by Gasteiger charge is 2.22. The number of aromatic hydroxyl groups is 1. The van der Waals surface area contributed by atoms with Crippen LogP contribution in [0.25, 0.3) is 0 Å². The summed E-state index contributed by atoms with van der Waals surface area (Å²) in [6.07, 6.45) is 5.45. The fourth-order valence-electron chi connectivity index (χ4n) is 1.93. The SMILES string of the molecule is O=C(O)c1nc(C2CCCC2)ncc1O. The number of nitrogens with zero attached hydrogens (tertiary/aromatic N) is 2. The van der Waals surface area contributed by atoms with Gasteiger partial charge in [-0.1, -0.05) is 12.8 Å². The van der Waals surface area contributed by atoms with Crippen molar-refractivity contribution in [3.8, 4) is 5.75 Å². The third kappa shape index (κ3) is 1.91. The molecular weight excluding hydrogens is 196 g/mol. The maximum atomic E-state index is 10.7. The van der Waals surface area contributed by atoms with Gasteiger partial charge in [0.2, 0.25) is 0 Å². The van der Waals surface area contributed by atoms with E-state index in [4.69, 9.17) is 5.11 Å². The van der Waals surface area contributed by atoms with Crippen molar-refractivity contribution < 1.29 is 15.0 Å². The van der Waals surface area contributed by atoms with Gasteiger partial charge in [-0.2, -0.15) is 0 Å². The van der Waals surface area contributed by atoms with Gasteiger partial charge in [0.1, 0.15) is 5.82 Å². The van der Waals surface area contributed by atoms with Gasteiger partial charge in [0.25, 0.3) is 0 Å². The molecule has 2 rings (SSSR count). The predicted molar refractivity (Wildman–Crippen MR) is 51.9 cm³/mol. The lowest BCUT2D eigenvalue weighted by Crippen LogP contribution is -2.07. The van der Waals surface area contributed by atoms with Gasteiger partial charge >= 0.3 is 5.97 Å². The van der Waals surface area contributed by atoms with Gasteiger partial charge < -0.3 is 10.2 Å². The Kier molecular flexibility index (Phi) is 2.53. The molecule has 0 radical (unpaired) electrons. The average Bonchev–Trinajstić information content (AvgIpc) is 2.71. The van der Waals surface area contributed by atoms with Gasteiger partial charge in [0.15, 0.2) is 11.4 Å². The zero-order chi connectivity index (χ0) is 10.8. The fourth-order valence-corrected chi connectivity index (χ4v) is 1.93. The number of carboxylic acids is 1. The molecule has 5 nitrogen and oxygen atoms in total. The van der Waals surface area contributed by atoms with Gasteiger partial charge in [0.05, 0.1) is 6.20 Å².